The molecule has 0 radical (unpaired) electrons. The van der Waals surface area contributed by atoms with Crippen molar-refractivity contribution in [3.63, 3.8) is 0 Å². The Morgan fingerprint density at radius 3 is 2.34 bits per heavy atom. The number of hydrogen-bond donors (Lipinski definition) is 6. The second-order valence-corrected chi connectivity index (χ2v) is 11.1. The number of aromatic nitrogens is 2. The van der Waals surface area contributed by atoms with E-state index in [9.17, 15) is 28.1 Å². The SMILES string of the molecule is C[C@@]1(F)C(n2cc(F)c(N)nc2=S)O[C@](F)(COP(=O)(O)OP(=O)(O)OP(=O)(O)O)[C@@H]1O. The molecule has 1 aromatic heterocycles. The minimum atomic E-state index is -5.92. The largest absolute Gasteiger partial charge is 0.490 e. The molecule has 1 aliphatic rings. The maximum absolute atomic E-state index is 15.1. The Bertz CT molecular complexity index is 1100. The maximum atomic E-state index is 15.1. The number of nitrogens with zero attached hydrogens (tertiary/aromatic N) is 2. The van der Waals surface area contributed by atoms with Crippen molar-refractivity contribution >= 4 is 41.5 Å². The first kappa shape index (κ1) is 27.5. The average Bonchev–Trinajstić information content (AvgIpc) is 2.74. The van der Waals surface area contributed by atoms with Crippen LogP contribution >= 0.6 is 35.7 Å². The molecule has 1 aromatic rings. The number of aliphatic hydroxyl groups excluding tert-OH is 1. The standard InChI is InChI=1S/C10H15F3N3O12P3S/c1-9(12)6(17)10(13,26-7(9)16-2-4(11)5(14)15-8(16)32)3-25-30(21,22)28-31(23,24)27-29(18,19)20/h2,6-7,17H,3H2,1H3,(H,21,22)(H,23,24)(H2,14,15,32)(H2,18,19,20)/t6-,7?,9+,10-/m1/s1. The van der Waals surface area contributed by atoms with E-state index in [1.54, 1.807) is 0 Å². The van der Waals surface area contributed by atoms with Gasteiger partial charge in [0.25, 0.3) is 5.85 Å². The molecule has 6 atom stereocenters. The Morgan fingerprint density at radius 2 is 1.81 bits per heavy atom. The van der Waals surface area contributed by atoms with Crippen LogP contribution in [0.1, 0.15) is 13.2 Å². The topological polar surface area (TPSA) is 233 Å². The minimum absolute atomic E-state index is 0.455. The van der Waals surface area contributed by atoms with Gasteiger partial charge in [0.05, 0.1) is 0 Å². The number of ether oxygens (including phenoxy) is 1. The summed E-state index contributed by atoms with van der Waals surface area (Å²) in [6, 6.07) is 0. The van der Waals surface area contributed by atoms with E-state index in [0.717, 1.165) is 0 Å². The van der Waals surface area contributed by atoms with E-state index in [0.29, 0.717) is 17.7 Å². The van der Waals surface area contributed by atoms with Crippen LogP contribution in [0.4, 0.5) is 19.0 Å². The quantitative estimate of drug-likeness (QED) is 0.195. The lowest BCUT2D eigenvalue weighted by atomic mass is 9.97. The molecule has 0 spiro atoms. The summed E-state index contributed by atoms with van der Waals surface area (Å²) in [7, 11) is -17.4. The third-order valence-corrected chi connectivity index (χ3v) is 7.85. The summed E-state index contributed by atoms with van der Waals surface area (Å²) in [4.78, 5) is 38.7. The van der Waals surface area contributed by atoms with E-state index in [4.69, 9.17) is 37.4 Å². The minimum Gasteiger partial charge on any atom is -0.384 e. The molecular weight excluding hydrogens is 536 g/mol. The van der Waals surface area contributed by atoms with Crippen LogP contribution in [0.25, 0.3) is 0 Å². The summed E-state index contributed by atoms with van der Waals surface area (Å²) < 4.78 is 92.9. The van der Waals surface area contributed by atoms with Gasteiger partial charge in [-0.25, -0.2) is 26.9 Å². The summed E-state index contributed by atoms with van der Waals surface area (Å²) in [5, 5.41) is 10.0. The third kappa shape index (κ3) is 6.21. The lowest BCUT2D eigenvalue weighted by molar-refractivity contribution is -0.204. The highest BCUT2D eigenvalue weighted by molar-refractivity contribution is 7.71. The van der Waals surface area contributed by atoms with Gasteiger partial charge in [-0.15, -0.1) is 0 Å². The number of hydrogen-bond acceptors (Lipinski definition) is 11. The first-order chi connectivity index (χ1) is 14.2. The van der Waals surface area contributed by atoms with Gasteiger partial charge in [0.1, 0.15) is 6.61 Å². The van der Waals surface area contributed by atoms with E-state index >= 15 is 8.78 Å². The summed E-state index contributed by atoms with van der Waals surface area (Å²) >= 11 is 4.76. The van der Waals surface area contributed by atoms with Crippen LogP contribution in [0.5, 0.6) is 0 Å². The molecule has 22 heteroatoms. The van der Waals surface area contributed by atoms with Gasteiger partial charge in [-0.2, -0.15) is 13.6 Å². The Morgan fingerprint density at radius 1 is 1.25 bits per heavy atom. The van der Waals surface area contributed by atoms with Gasteiger partial charge >= 0.3 is 23.5 Å². The fourth-order valence-electron chi connectivity index (χ4n) is 2.46. The predicted molar refractivity (Wildman–Crippen MR) is 96.7 cm³/mol. The zero-order chi connectivity index (χ0) is 24.9. The van der Waals surface area contributed by atoms with Crippen molar-refractivity contribution in [1.29, 1.82) is 0 Å². The molecule has 32 heavy (non-hydrogen) atoms. The Hall–Kier alpha value is -0.780. The number of halogens is 3. The van der Waals surface area contributed by atoms with Crippen molar-refractivity contribution in [3.05, 3.63) is 16.8 Å². The van der Waals surface area contributed by atoms with Crippen molar-refractivity contribution in [2.75, 3.05) is 12.3 Å². The van der Waals surface area contributed by atoms with Crippen molar-refractivity contribution < 1.29 is 69.4 Å². The average molecular weight is 551 g/mol. The molecule has 7 N–H and O–H groups in total. The van der Waals surface area contributed by atoms with Crippen LogP contribution < -0.4 is 5.73 Å². The number of aliphatic hydroxyl groups is 1. The fourth-order valence-corrected chi connectivity index (χ4v) is 5.74. The van der Waals surface area contributed by atoms with E-state index < -0.39 is 70.3 Å². The number of nitrogen functional groups attached to an aromatic ring is 1. The normalized spacial score (nSPS) is 32.4. The zero-order valence-corrected chi connectivity index (χ0v) is 18.9. The highest BCUT2D eigenvalue weighted by Gasteiger charge is 2.65. The van der Waals surface area contributed by atoms with E-state index in [-0.39, 0.29) is 0 Å². The van der Waals surface area contributed by atoms with Gasteiger partial charge < -0.3 is 35.2 Å². The van der Waals surface area contributed by atoms with Crippen LogP contribution in [-0.4, -0.2) is 58.5 Å². The van der Waals surface area contributed by atoms with E-state index in [2.05, 4.69) is 18.1 Å². The number of rotatable bonds is 8. The lowest BCUT2D eigenvalue weighted by Crippen LogP contribution is -2.46. The Balaban J connectivity index is 2.25. The highest BCUT2D eigenvalue weighted by atomic mass is 32.1. The molecule has 0 bridgehead atoms. The summed E-state index contributed by atoms with van der Waals surface area (Å²) in [6.45, 7) is -1.24. The summed E-state index contributed by atoms with van der Waals surface area (Å²) in [5.41, 5.74) is 2.11. The van der Waals surface area contributed by atoms with Crippen LogP contribution in [0.2, 0.25) is 0 Å². The molecule has 15 nitrogen and oxygen atoms in total. The smallest absolute Gasteiger partial charge is 0.384 e. The van der Waals surface area contributed by atoms with Crippen LogP contribution in [0.15, 0.2) is 6.20 Å². The van der Waals surface area contributed by atoms with Crippen LogP contribution in [0, 0.1) is 10.6 Å². The predicted octanol–water partition coefficient (Wildman–Crippen LogP) is 0.961. The molecule has 2 rings (SSSR count). The molecule has 0 aliphatic carbocycles. The number of phosphoric acid groups is 3. The third-order valence-electron chi connectivity index (χ3n) is 3.76. The fraction of sp³-hybridized carbons (Fsp3) is 0.600. The van der Waals surface area contributed by atoms with Gasteiger partial charge in [0.15, 0.2) is 29.6 Å². The monoisotopic (exact) mass is 551 g/mol. The molecule has 0 amide bonds. The lowest BCUT2D eigenvalue weighted by Gasteiger charge is -2.26. The van der Waals surface area contributed by atoms with Crippen molar-refractivity contribution in [1.82, 2.24) is 9.55 Å². The van der Waals surface area contributed by atoms with Gasteiger partial charge in [0, 0.05) is 6.20 Å². The molecule has 2 heterocycles. The van der Waals surface area contributed by atoms with Crippen LogP contribution in [-0.2, 0) is 31.6 Å². The second kappa shape index (κ2) is 8.78. The molecule has 0 aromatic carbocycles. The molecule has 0 saturated carbocycles. The highest BCUT2D eigenvalue weighted by Crippen LogP contribution is 2.66. The van der Waals surface area contributed by atoms with Gasteiger partial charge in [-0.3, -0.25) is 9.09 Å². The molecule has 1 fully saturated rings. The number of nitrogens with two attached hydrogens (primary N) is 1. The van der Waals surface area contributed by atoms with E-state index in [1.165, 1.54) is 0 Å². The van der Waals surface area contributed by atoms with Crippen molar-refractivity contribution in [2.45, 2.75) is 30.8 Å². The molecule has 1 saturated heterocycles. The van der Waals surface area contributed by atoms with Gasteiger partial charge in [0.2, 0.25) is 4.77 Å². The summed E-state index contributed by atoms with van der Waals surface area (Å²) in [5.74, 6) is -5.55. The van der Waals surface area contributed by atoms with Crippen molar-refractivity contribution in [3.8, 4) is 0 Å². The van der Waals surface area contributed by atoms with Crippen LogP contribution in [0.3, 0.4) is 0 Å². The molecular formula is C10H15F3N3O12P3S. The first-order valence-electron chi connectivity index (χ1n) is 7.75. The zero-order valence-electron chi connectivity index (χ0n) is 15.4. The maximum Gasteiger partial charge on any atom is 0.490 e. The number of anilines is 1. The first-order valence-corrected chi connectivity index (χ1v) is 12.7. The second-order valence-electron chi connectivity index (χ2n) is 6.34. The molecule has 3 unspecified atom stereocenters. The van der Waals surface area contributed by atoms with Crippen molar-refractivity contribution in [2.24, 2.45) is 0 Å². The number of phosphoric ester groups is 1. The Labute approximate surface area is 181 Å². The number of alkyl halides is 2. The van der Waals surface area contributed by atoms with Gasteiger partial charge in [-0.1, -0.05) is 0 Å². The Kier molecular flexibility index (Phi) is 7.53. The molecule has 1 aliphatic heterocycles. The van der Waals surface area contributed by atoms with Gasteiger partial charge in [-0.05, 0) is 19.1 Å². The summed E-state index contributed by atoms with van der Waals surface area (Å²) in [6.07, 6.45) is -4.49. The molecule has 184 valence electrons. The van der Waals surface area contributed by atoms with E-state index in [1.807, 2.05) is 0 Å².